The molecule has 1 N–H and O–H groups in total. The zero-order valence-electron chi connectivity index (χ0n) is 15.4. The number of allylic oxidation sites excluding steroid dienone is 2. The molecule has 150 valence electrons. The zero-order valence-corrected chi connectivity index (χ0v) is 15.4. The van der Waals surface area contributed by atoms with Gasteiger partial charge in [-0.05, 0) is 54.5 Å². The number of rotatable bonds is 3. The third-order valence-corrected chi connectivity index (χ3v) is 4.63. The summed E-state index contributed by atoms with van der Waals surface area (Å²) in [5.74, 6) is 0.145. The van der Waals surface area contributed by atoms with Gasteiger partial charge in [0.25, 0.3) is 5.91 Å². The Labute approximate surface area is 165 Å². The van der Waals surface area contributed by atoms with Crippen LogP contribution in [0.5, 0.6) is 11.5 Å². The van der Waals surface area contributed by atoms with E-state index in [1.54, 1.807) is 18.2 Å². The summed E-state index contributed by atoms with van der Waals surface area (Å²) in [6, 6.07) is 11.3. The molecule has 4 rings (SSSR count). The molecule has 8 heteroatoms. The predicted octanol–water partition coefficient (Wildman–Crippen LogP) is 4.72. The maximum atomic E-state index is 12.3. The summed E-state index contributed by atoms with van der Waals surface area (Å²) in [4.78, 5) is 13.4. The van der Waals surface area contributed by atoms with E-state index in [-0.39, 0.29) is 18.3 Å². The van der Waals surface area contributed by atoms with Gasteiger partial charge in [0.2, 0.25) is 0 Å². The molecule has 0 unspecified atom stereocenters. The largest absolute Gasteiger partial charge is 0.573 e. The molecule has 0 bridgehead atoms. The lowest BCUT2D eigenvalue weighted by atomic mass is 9.96. The number of carbonyl (C=O) groups excluding carboxylic acids is 1. The fourth-order valence-electron chi connectivity index (χ4n) is 3.22. The van der Waals surface area contributed by atoms with Gasteiger partial charge < -0.3 is 19.7 Å². The first-order valence-corrected chi connectivity index (χ1v) is 8.87. The quantitative estimate of drug-likeness (QED) is 0.807. The van der Waals surface area contributed by atoms with Gasteiger partial charge in [0.05, 0.1) is 5.69 Å². The molecule has 29 heavy (non-hydrogen) atoms. The summed E-state index contributed by atoms with van der Waals surface area (Å²) in [7, 11) is 0. The number of alkyl halides is 3. The summed E-state index contributed by atoms with van der Waals surface area (Å²) in [6.07, 6.45) is -0.733. The minimum absolute atomic E-state index is 0.0250. The Hall–Kier alpha value is -3.42. The fraction of sp³-hybridized carbons (Fsp3) is 0.190. The average molecular weight is 402 g/mol. The van der Waals surface area contributed by atoms with Crippen molar-refractivity contribution in [1.29, 1.82) is 0 Å². The second-order valence-corrected chi connectivity index (χ2v) is 6.67. The number of fused-ring (bicyclic) bond motifs is 1. The molecular weight excluding hydrogens is 385 g/mol. The summed E-state index contributed by atoms with van der Waals surface area (Å²) < 4.78 is 46.4. The summed E-state index contributed by atoms with van der Waals surface area (Å²) in [5, 5.41) is 2.76. The highest BCUT2D eigenvalue weighted by Gasteiger charge is 2.31. The fourth-order valence-corrected chi connectivity index (χ4v) is 3.22. The first kappa shape index (κ1) is 18.9. The third kappa shape index (κ3) is 4.21. The number of ether oxygens (including phenoxy) is 2. The number of nitrogens with one attached hydrogen (secondary N) is 1. The SMILES string of the molecule is CC1=CCN(c2ccc(OC(F)(F)F)cc2)C=C1c1ccc2c(c1)OCC(=O)N2. The number of carbonyl (C=O) groups is 1. The van der Waals surface area contributed by atoms with Gasteiger partial charge in [-0.15, -0.1) is 13.2 Å². The molecule has 2 aliphatic rings. The van der Waals surface area contributed by atoms with Crippen LogP contribution in [0.4, 0.5) is 24.5 Å². The Balaban J connectivity index is 1.59. The Morgan fingerprint density at radius 3 is 2.62 bits per heavy atom. The lowest BCUT2D eigenvalue weighted by Gasteiger charge is -2.27. The van der Waals surface area contributed by atoms with Crippen LogP contribution in [-0.2, 0) is 4.79 Å². The van der Waals surface area contributed by atoms with Gasteiger partial charge in [0.15, 0.2) is 6.61 Å². The molecule has 0 fully saturated rings. The molecule has 0 saturated heterocycles. The second kappa shape index (κ2) is 7.20. The molecule has 2 heterocycles. The van der Waals surface area contributed by atoms with Crippen molar-refractivity contribution in [2.45, 2.75) is 13.3 Å². The molecule has 0 atom stereocenters. The molecule has 0 spiro atoms. The molecule has 5 nitrogen and oxygen atoms in total. The first-order valence-electron chi connectivity index (χ1n) is 8.87. The Morgan fingerprint density at radius 2 is 1.90 bits per heavy atom. The molecular formula is C21H17F3N2O3. The van der Waals surface area contributed by atoms with E-state index in [9.17, 15) is 18.0 Å². The molecule has 2 aliphatic heterocycles. The molecule has 0 aliphatic carbocycles. The van der Waals surface area contributed by atoms with Crippen molar-refractivity contribution < 1.29 is 27.4 Å². The number of amides is 1. The number of hydrogen-bond acceptors (Lipinski definition) is 4. The van der Waals surface area contributed by atoms with Crippen LogP contribution in [0.15, 0.2) is 60.3 Å². The van der Waals surface area contributed by atoms with Gasteiger partial charge in [-0.2, -0.15) is 0 Å². The van der Waals surface area contributed by atoms with E-state index in [4.69, 9.17) is 4.74 Å². The van der Waals surface area contributed by atoms with Gasteiger partial charge in [0.1, 0.15) is 11.5 Å². The van der Waals surface area contributed by atoms with E-state index in [2.05, 4.69) is 10.1 Å². The normalized spacial score (nSPS) is 16.3. The molecule has 0 radical (unpaired) electrons. The summed E-state index contributed by atoms with van der Waals surface area (Å²) >= 11 is 0. The maximum Gasteiger partial charge on any atom is 0.573 e. The van der Waals surface area contributed by atoms with Crippen molar-refractivity contribution in [3.05, 3.63) is 65.9 Å². The zero-order chi connectivity index (χ0) is 20.6. The average Bonchev–Trinajstić information content (AvgIpc) is 2.67. The van der Waals surface area contributed by atoms with E-state index in [0.717, 1.165) is 22.4 Å². The van der Waals surface area contributed by atoms with Crippen molar-refractivity contribution >= 4 is 22.9 Å². The maximum absolute atomic E-state index is 12.3. The Bertz CT molecular complexity index is 1010. The highest BCUT2D eigenvalue weighted by molar-refractivity contribution is 5.96. The lowest BCUT2D eigenvalue weighted by molar-refractivity contribution is -0.274. The van der Waals surface area contributed by atoms with E-state index in [0.29, 0.717) is 18.0 Å². The van der Waals surface area contributed by atoms with Crippen molar-refractivity contribution in [3.63, 3.8) is 0 Å². The molecule has 2 aromatic carbocycles. The molecule has 0 saturated carbocycles. The third-order valence-electron chi connectivity index (χ3n) is 4.63. The monoisotopic (exact) mass is 402 g/mol. The van der Waals surface area contributed by atoms with Crippen LogP contribution in [0.3, 0.4) is 0 Å². The number of benzene rings is 2. The first-order chi connectivity index (χ1) is 13.8. The molecule has 2 aromatic rings. The van der Waals surface area contributed by atoms with E-state index >= 15 is 0 Å². The lowest BCUT2D eigenvalue weighted by Crippen LogP contribution is -2.25. The van der Waals surface area contributed by atoms with Gasteiger partial charge in [0, 0.05) is 24.0 Å². The van der Waals surface area contributed by atoms with Gasteiger partial charge in [-0.1, -0.05) is 12.1 Å². The standard InChI is InChI=1S/C21H17F3N2O3/c1-13-8-9-26(15-3-5-16(6-4-15)29-21(22,23)24)11-17(13)14-2-7-18-19(10-14)28-12-20(27)25-18/h2-8,10-11H,9,12H2,1H3,(H,25,27). The van der Waals surface area contributed by atoms with Gasteiger partial charge >= 0.3 is 6.36 Å². The van der Waals surface area contributed by atoms with Crippen LogP contribution in [0.25, 0.3) is 5.57 Å². The van der Waals surface area contributed by atoms with Crippen LogP contribution in [0.1, 0.15) is 12.5 Å². The van der Waals surface area contributed by atoms with Gasteiger partial charge in [-0.3, -0.25) is 4.79 Å². The Morgan fingerprint density at radius 1 is 1.14 bits per heavy atom. The van der Waals surface area contributed by atoms with Crippen LogP contribution < -0.4 is 19.7 Å². The number of anilines is 2. The Kier molecular flexibility index (Phi) is 4.70. The van der Waals surface area contributed by atoms with Crippen molar-refractivity contribution in [3.8, 4) is 11.5 Å². The molecule has 1 amide bonds. The van der Waals surface area contributed by atoms with E-state index in [1.807, 2.05) is 36.2 Å². The summed E-state index contributed by atoms with van der Waals surface area (Å²) in [6.45, 7) is 2.56. The van der Waals surface area contributed by atoms with E-state index in [1.165, 1.54) is 12.1 Å². The van der Waals surface area contributed by atoms with Crippen molar-refractivity contribution in [1.82, 2.24) is 0 Å². The topological polar surface area (TPSA) is 50.8 Å². The van der Waals surface area contributed by atoms with Crippen LogP contribution >= 0.6 is 0 Å². The smallest absolute Gasteiger partial charge is 0.482 e. The van der Waals surface area contributed by atoms with Crippen LogP contribution in [-0.4, -0.2) is 25.4 Å². The van der Waals surface area contributed by atoms with Crippen LogP contribution in [0.2, 0.25) is 0 Å². The minimum atomic E-state index is -4.71. The highest BCUT2D eigenvalue weighted by Crippen LogP contribution is 2.35. The van der Waals surface area contributed by atoms with Crippen molar-refractivity contribution in [2.75, 3.05) is 23.4 Å². The number of nitrogens with zero attached hydrogens (tertiary/aromatic N) is 1. The number of halogens is 3. The predicted molar refractivity (Wildman–Crippen MR) is 103 cm³/mol. The molecule has 0 aromatic heterocycles. The van der Waals surface area contributed by atoms with Gasteiger partial charge in [-0.25, -0.2) is 0 Å². The highest BCUT2D eigenvalue weighted by atomic mass is 19.4. The minimum Gasteiger partial charge on any atom is -0.482 e. The van der Waals surface area contributed by atoms with Crippen LogP contribution in [0, 0.1) is 0 Å². The summed E-state index contributed by atoms with van der Waals surface area (Å²) in [5.41, 5.74) is 4.30. The van der Waals surface area contributed by atoms with Crippen molar-refractivity contribution in [2.24, 2.45) is 0 Å². The number of hydrogen-bond donors (Lipinski definition) is 1. The second-order valence-electron chi connectivity index (χ2n) is 6.67. The van der Waals surface area contributed by atoms with E-state index < -0.39 is 6.36 Å².